The third kappa shape index (κ3) is 4.91. The first-order valence-electron chi connectivity index (χ1n) is 3.42. The predicted molar refractivity (Wildman–Crippen MR) is 43.9 cm³/mol. The standard InChI is InChI=1S/C7H15BrO/c1-6(2)7(9)4-3-5-8/h6-7,9H,3-5H2,1-2H3. The van der Waals surface area contributed by atoms with Crippen LogP contribution in [0.1, 0.15) is 26.7 Å². The number of rotatable bonds is 4. The molecule has 0 spiro atoms. The molecule has 0 rings (SSSR count). The fourth-order valence-corrected chi connectivity index (χ4v) is 0.943. The lowest BCUT2D eigenvalue weighted by Gasteiger charge is -2.12. The van der Waals surface area contributed by atoms with E-state index in [2.05, 4.69) is 15.9 Å². The number of hydrogen-bond acceptors (Lipinski definition) is 1. The largest absolute Gasteiger partial charge is 0.393 e. The van der Waals surface area contributed by atoms with Crippen molar-refractivity contribution in [1.29, 1.82) is 0 Å². The van der Waals surface area contributed by atoms with E-state index in [1.807, 2.05) is 13.8 Å². The third-order valence-corrected chi connectivity index (χ3v) is 1.96. The van der Waals surface area contributed by atoms with E-state index in [0.717, 1.165) is 18.2 Å². The summed E-state index contributed by atoms with van der Waals surface area (Å²) in [7, 11) is 0. The second kappa shape index (κ2) is 5.24. The molecule has 0 aromatic carbocycles. The molecular formula is C7H15BrO. The van der Waals surface area contributed by atoms with Crippen molar-refractivity contribution in [2.45, 2.75) is 32.8 Å². The topological polar surface area (TPSA) is 20.2 Å². The lowest BCUT2D eigenvalue weighted by Crippen LogP contribution is -2.14. The molecule has 1 atom stereocenters. The molecule has 0 aromatic rings. The first-order chi connectivity index (χ1) is 4.18. The molecule has 56 valence electrons. The number of halogens is 1. The van der Waals surface area contributed by atoms with Crippen LogP contribution in [0.15, 0.2) is 0 Å². The highest BCUT2D eigenvalue weighted by atomic mass is 79.9. The first kappa shape index (κ1) is 9.44. The Balaban J connectivity index is 3.16. The van der Waals surface area contributed by atoms with Gasteiger partial charge in [0.05, 0.1) is 6.10 Å². The smallest absolute Gasteiger partial charge is 0.0563 e. The summed E-state index contributed by atoms with van der Waals surface area (Å²) in [6.07, 6.45) is 1.88. The van der Waals surface area contributed by atoms with Crippen molar-refractivity contribution < 1.29 is 5.11 Å². The third-order valence-electron chi connectivity index (χ3n) is 1.40. The summed E-state index contributed by atoms with van der Waals surface area (Å²) in [6, 6.07) is 0. The first-order valence-corrected chi connectivity index (χ1v) is 4.54. The van der Waals surface area contributed by atoms with Crippen LogP contribution in [-0.4, -0.2) is 16.5 Å². The van der Waals surface area contributed by atoms with E-state index in [1.165, 1.54) is 0 Å². The molecule has 0 amide bonds. The summed E-state index contributed by atoms with van der Waals surface area (Å²) in [5, 5.41) is 10.2. The van der Waals surface area contributed by atoms with E-state index in [-0.39, 0.29) is 6.10 Å². The van der Waals surface area contributed by atoms with Gasteiger partial charge in [0.15, 0.2) is 0 Å². The average Bonchev–Trinajstić information content (AvgIpc) is 1.82. The molecule has 0 heterocycles. The number of aliphatic hydroxyl groups excluding tert-OH is 1. The van der Waals surface area contributed by atoms with Crippen LogP contribution >= 0.6 is 15.9 Å². The molecule has 0 radical (unpaired) electrons. The summed E-state index contributed by atoms with van der Waals surface area (Å²) >= 11 is 3.32. The molecule has 0 aliphatic heterocycles. The second-order valence-electron chi connectivity index (χ2n) is 2.64. The van der Waals surface area contributed by atoms with Crippen molar-refractivity contribution >= 4 is 15.9 Å². The van der Waals surface area contributed by atoms with Crippen molar-refractivity contribution in [2.75, 3.05) is 5.33 Å². The second-order valence-corrected chi connectivity index (χ2v) is 3.44. The zero-order valence-corrected chi connectivity index (χ0v) is 7.69. The van der Waals surface area contributed by atoms with Gasteiger partial charge < -0.3 is 5.11 Å². The Morgan fingerprint density at radius 2 is 2.00 bits per heavy atom. The van der Waals surface area contributed by atoms with Gasteiger partial charge in [0.2, 0.25) is 0 Å². The van der Waals surface area contributed by atoms with Crippen LogP contribution in [0.4, 0.5) is 0 Å². The van der Waals surface area contributed by atoms with Gasteiger partial charge in [-0.15, -0.1) is 0 Å². The van der Waals surface area contributed by atoms with Crippen LogP contribution in [0.3, 0.4) is 0 Å². The Morgan fingerprint density at radius 3 is 2.33 bits per heavy atom. The van der Waals surface area contributed by atoms with E-state index >= 15 is 0 Å². The Kier molecular flexibility index (Phi) is 5.50. The van der Waals surface area contributed by atoms with Crippen LogP contribution in [0, 0.1) is 5.92 Å². The van der Waals surface area contributed by atoms with Crippen molar-refractivity contribution in [2.24, 2.45) is 5.92 Å². The van der Waals surface area contributed by atoms with Crippen LogP contribution in [-0.2, 0) is 0 Å². The number of alkyl halides is 1. The minimum atomic E-state index is -0.109. The molecule has 0 aliphatic carbocycles. The molecule has 0 aliphatic rings. The van der Waals surface area contributed by atoms with Gasteiger partial charge in [0.25, 0.3) is 0 Å². The Morgan fingerprint density at radius 1 is 1.44 bits per heavy atom. The van der Waals surface area contributed by atoms with Gasteiger partial charge in [0.1, 0.15) is 0 Å². The lowest BCUT2D eigenvalue weighted by molar-refractivity contribution is 0.116. The lowest BCUT2D eigenvalue weighted by atomic mass is 10.0. The molecule has 9 heavy (non-hydrogen) atoms. The van der Waals surface area contributed by atoms with Gasteiger partial charge in [-0.3, -0.25) is 0 Å². The van der Waals surface area contributed by atoms with Crippen molar-refractivity contribution in [1.82, 2.24) is 0 Å². The minimum Gasteiger partial charge on any atom is -0.393 e. The van der Waals surface area contributed by atoms with Crippen LogP contribution < -0.4 is 0 Å². The average molecular weight is 195 g/mol. The van der Waals surface area contributed by atoms with Crippen LogP contribution in [0.5, 0.6) is 0 Å². The van der Waals surface area contributed by atoms with Crippen LogP contribution in [0.2, 0.25) is 0 Å². The molecule has 2 heteroatoms. The maximum absolute atomic E-state index is 9.24. The minimum absolute atomic E-state index is 0.109. The highest BCUT2D eigenvalue weighted by molar-refractivity contribution is 9.09. The van der Waals surface area contributed by atoms with Crippen LogP contribution in [0.25, 0.3) is 0 Å². The monoisotopic (exact) mass is 194 g/mol. The van der Waals surface area contributed by atoms with E-state index in [1.54, 1.807) is 0 Å². The summed E-state index contributed by atoms with van der Waals surface area (Å²) in [5.41, 5.74) is 0. The van der Waals surface area contributed by atoms with Gasteiger partial charge in [-0.2, -0.15) is 0 Å². The molecule has 0 fully saturated rings. The predicted octanol–water partition coefficient (Wildman–Crippen LogP) is 2.18. The molecule has 1 N–H and O–H groups in total. The molecule has 0 saturated carbocycles. The molecule has 0 bridgehead atoms. The van der Waals surface area contributed by atoms with Gasteiger partial charge in [-0.25, -0.2) is 0 Å². The Hall–Kier alpha value is 0.440. The van der Waals surface area contributed by atoms with Crippen molar-refractivity contribution in [3.05, 3.63) is 0 Å². The maximum Gasteiger partial charge on any atom is 0.0563 e. The molecule has 1 nitrogen and oxygen atoms in total. The molecular weight excluding hydrogens is 180 g/mol. The Labute approximate surface area is 65.6 Å². The Bertz CT molecular complexity index is 63.9. The van der Waals surface area contributed by atoms with E-state index in [9.17, 15) is 5.11 Å². The summed E-state index contributed by atoms with van der Waals surface area (Å²) < 4.78 is 0. The fourth-order valence-electron chi connectivity index (χ4n) is 0.620. The zero-order chi connectivity index (χ0) is 7.28. The SMILES string of the molecule is CC(C)C(O)CCCBr. The zero-order valence-electron chi connectivity index (χ0n) is 6.10. The highest BCUT2D eigenvalue weighted by Gasteiger charge is 2.06. The normalized spacial score (nSPS) is 14.3. The summed E-state index contributed by atoms with van der Waals surface area (Å²) in [5.74, 6) is 0.407. The van der Waals surface area contributed by atoms with Crippen molar-refractivity contribution in [3.63, 3.8) is 0 Å². The van der Waals surface area contributed by atoms with E-state index in [4.69, 9.17) is 0 Å². The van der Waals surface area contributed by atoms with E-state index < -0.39 is 0 Å². The van der Waals surface area contributed by atoms with Gasteiger partial charge in [-0.05, 0) is 18.8 Å². The summed E-state index contributed by atoms with van der Waals surface area (Å²) in [4.78, 5) is 0. The molecule has 1 unspecified atom stereocenters. The van der Waals surface area contributed by atoms with Crippen molar-refractivity contribution in [3.8, 4) is 0 Å². The van der Waals surface area contributed by atoms with Gasteiger partial charge in [0, 0.05) is 5.33 Å². The van der Waals surface area contributed by atoms with Gasteiger partial charge >= 0.3 is 0 Å². The summed E-state index contributed by atoms with van der Waals surface area (Å²) in [6.45, 7) is 4.08. The highest BCUT2D eigenvalue weighted by Crippen LogP contribution is 2.08. The fraction of sp³-hybridized carbons (Fsp3) is 1.00. The van der Waals surface area contributed by atoms with E-state index in [0.29, 0.717) is 5.92 Å². The maximum atomic E-state index is 9.24. The quantitative estimate of drug-likeness (QED) is 0.681. The number of aliphatic hydroxyl groups is 1. The van der Waals surface area contributed by atoms with Gasteiger partial charge in [-0.1, -0.05) is 29.8 Å². The molecule has 0 aromatic heterocycles. The number of hydrogen-bond donors (Lipinski definition) is 1. The molecule has 0 saturated heterocycles.